The van der Waals surface area contributed by atoms with Gasteiger partial charge >= 0.3 is 0 Å². The van der Waals surface area contributed by atoms with Gasteiger partial charge in [-0.25, -0.2) is 0 Å². The second kappa shape index (κ2) is 9.13. The van der Waals surface area contributed by atoms with E-state index in [0.717, 1.165) is 0 Å². The third kappa shape index (κ3) is 4.79. The van der Waals surface area contributed by atoms with Crippen LogP contribution in [0.15, 0.2) is 18.2 Å². The first-order valence-electron chi connectivity index (χ1n) is 9.67. The number of rotatable bonds is 8. The Labute approximate surface area is 169 Å². The molecule has 9 heteroatoms. The predicted octanol–water partition coefficient (Wildman–Crippen LogP) is 0.672. The van der Waals surface area contributed by atoms with Crippen molar-refractivity contribution in [3.63, 3.8) is 0 Å². The number of anilines is 1. The molecule has 1 unspecified atom stereocenters. The molecule has 0 spiro atoms. The molecular formula is C20H27N3O6. The average molecular weight is 405 g/mol. The highest BCUT2D eigenvalue weighted by atomic mass is 16.7. The summed E-state index contributed by atoms with van der Waals surface area (Å²) in [5, 5.41) is 5.55. The molecular weight excluding hydrogens is 378 g/mol. The van der Waals surface area contributed by atoms with Crippen molar-refractivity contribution in [1.82, 2.24) is 10.6 Å². The minimum atomic E-state index is -0.672. The van der Waals surface area contributed by atoms with Crippen LogP contribution >= 0.6 is 0 Å². The van der Waals surface area contributed by atoms with E-state index in [9.17, 15) is 14.4 Å². The summed E-state index contributed by atoms with van der Waals surface area (Å²) < 4.78 is 15.6. The second-order valence-electron chi connectivity index (χ2n) is 7.46. The molecule has 1 aromatic carbocycles. The zero-order valence-corrected chi connectivity index (χ0v) is 16.9. The van der Waals surface area contributed by atoms with Gasteiger partial charge in [0, 0.05) is 38.4 Å². The van der Waals surface area contributed by atoms with Crippen molar-refractivity contribution in [2.45, 2.75) is 26.3 Å². The van der Waals surface area contributed by atoms with Crippen LogP contribution in [-0.2, 0) is 19.1 Å². The van der Waals surface area contributed by atoms with E-state index in [1.54, 1.807) is 30.2 Å². The van der Waals surface area contributed by atoms with Crippen molar-refractivity contribution in [3.05, 3.63) is 18.2 Å². The number of methoxy groups -OCH3 is 1. The third-order valence-electron chi connectivity index (χ3n) is 5.02. The number of hydrogen-bond donors (Lipinski definition) is 2. The Bertz CT molecular complexity index is 781. The normalized spacial score (nSPS) is 18.8. The van der Waals surface area contributed by atoms with Crippen LogP contribution in [0, 0.1) is 11.8 Å². The zero-order valence-electron chi connectivity index (χ0n) is 16.9. The monoisotopic (exact) mass is 405 g/mol. The van der Waals surface area contributed by atoms with Crippen LogP contribution in [0.25, 0.3) is 0 Å². The van der Waals surface area contributed by atoms with Gasteiger partial charge in [-0.1, -0.05) is 13.8 Å². The van der Waals surface area contributed by atoms with Crippen LogP contribution in [0.4, 0.5) is 5.69 Å². The summed E-state index contributed by atoms with van der Waals surface area (Å²) in [6.45, 7) is 4.89. The molecule has 2 aliphatic heterocycles. The van der Waals surface area contributed by atoms with Crippen LogP contribution in [-0.4, -0.2) is 57.4 Å². The number of benzene rings is 1. The number of carbonyl (C=O) groups is 3. The summed E-state index contributed by atoms with van der Waals surface area (Å²) in [5.41, 5.74) is 0.660. The molecule has 1 aromatic rings. The van der Waals surface area contributed by atoms with E-state index in [2.05, 4.69) is 10.6 Å². The van der Waals surface area contributed by atoms with Gasteiger partial charge in [-0.3, -0.25) is 14.4 Å². The SMILES string of the molecule is COCCNC(=O)[C@@H](NC(=O)C1CC(=O)N(c2ccc3c(c2)OCO3)C1)C(C)C. The van der Waals surface area contributed by atoms with Gasteiger partial charge in [0.1, 0.15) is 6.04 Å². The van der Waals surface area contributed by atoms with Crippen molar-refractivity contribution in [3.8, 4) is 11.5 Å². The van der Waals surface area contributed by atoms with Crippen LogP contribution in [0.2, 0.25) is 0 Å². The Morgan fingerprint density at radius 2 is 2.03 bits per heavy atom. The Balaban J connectivity index is 1.62. The number of carbonyl (C=O) groups excluding carboxylic acids is 3. The summed E-state index contributed by atoms with van der Waals surface area (Å²) in [7, 11) is 1.55. The molecule has 0 radical (unpaired) electrons. The first-order valence-corrected chi connectivity index (χ1v) is 9.67. The smallest absolute Gasteiger partial charge is 0.242 e. The van der Waals surface area contributed by atoms with Crippen molar-refractivity contribution in [1.29, 1.82) is 0 Å². The maximum absolute atomic E-state index is 12.8. The van der Waals surface area contributed by atoms with Gasteiger partial charge in [0.15, 0.2) is 11.5 Å². The summed E-state index contributed by atoms with van der Waals surface area (Å²) in [6.07, 6.45) is 0.0936. The summed E-state index contributed by atoms with van der Waals surface area (Å²) in [5.74, 6) is -0.117. The van der Waals surface area contributed by atoms with Gasteiger partial charge in [-0.05, 0) is 18.1 Å². The lowest BCUT2D eigenvalue weighted by molar-refractivity contribution is -0.132. The van der Waals surface area contributed by atoms with E-state index < -0.39 is 12.0 Å². The molecule has 3 amide bonds. The Morgan fingerprint density at radius 3 is 2.76 bits per heavy atom. The summed E-state index contributed by atoms with van der Waals surface area (Å²) >= 11 is 0. The molecule has 2 heterocycles. The van der Waals surface area contributed by atoms with Gasteiger partial charge < -0.3 is 29.7 Å². The van der Waals surface area contributed by atoms with Crippen molar-refractivity contribution < 1.29 is 28.6 Å². The molecule has 29 heavy (non-hydrogen) atoms. The fraction of sp³-hybridized carbons (Fsp3) is 0.550. The molecule has 2 aliphatic rings. The highest BCUT2D eigenvalue weighted by Gasteiger charge is 2.37. The molecule has 3 rings (SSSR count). The van der Waals surface area contributed by atoms with Gasteiger partial charge in [-0.15, -0.1) is 0 Å². The van der Waals surface area contributed by atoms with Gasteiger partial charge in [-0.2, -0.15) is 0 Å². The van der Waals surface area contributed by atoms with E-state index >= 15 is 0 Å². The second-order valence-corrected chi connectivity index (χ2v) is 7.46. The van der Waals surface area contributed by atoms with Gasteiger partial charge in [0.05, 0.1) is 12.5 Å². The minimum absolute atomic E-state index is 0.0936. The standard InChI is InChI=1S/C20H27N3O6/c1-12(2)18(20(26)21-6-7-27-3)22-19(25)13-8-17(24)23(10-13)14-4-5-15-16(9-14)29-11-28-15/h4-5,9,12-13,18H,6-8,10-11H2,1-3H3,(H,21,26)(H,22,25)/t13?,18-/m0/s1. The Kier molecular flexibility index (Phi) is 6.58. The van der Waals surface area contributed by atoms with Crippen LogP contribution in [0.1, 0.15) is 20.3 Å². The maximum atomic E-state index is 12.8. The molecule has 0 saturated carbocycles. The first kappa shape index (κ1) is 20.9. The fourth-order valence-electron chi connectivity index (χ4n) is 3.38. The van der Waals surface area contributed by atoms with Crippen molar-refractivity contribution >= 4 is 23.4 Å². The number of hydrogen-bond acceptors (Lipinski definition) is 6. The number of nitrogens with one attached hydrogen (secondary N) is 2. The lowest BCUT2D eigenvalue weighted by Gasteiger charge is -2.23. The predicted molar refractivity (Wildman–Crippen MR) is 105 cm³/mol. The topological polar surface area (TPSA) is 106 Å². The van der Waals surface area contributed by atoms with E-state index in [1.807, 2.05) is 13.8 Å². The highest BCUT2D eigenvalue weighted by Crippen LogP contribution is 2.37. The van der Waals surface area contributed by atoms with Crippen LogP contribution in [0.5, 0.6) is 11.5 Å². The van der Waals surface area contributed by atoms with E-state index in [4.69, 9.17) is 14.2 Å². The summed E-state index contributed by atoms with van der Waals surface area (Å²) in [4.78, 5) is 39.2. The number of amides is 3. The molecule has 1 fully saturated rings. The fourth-order valence-corrected chi connectivity index (χ4v) is 3.38. The number of fused-ring (bicyclic) bond motifs is 1. The summed E-state index contributed by atoms with van der Waals surface area (Å²) in [6, 6.07) is 4.58. The van der Waals surface area contributed by atoms with Gasteiger partial charge in [0.25, 0.3) is 0 Å². The Morgan fingerprint density at radius 1 is 1.28 bits per heavy atom. The first-order chi connectivity index (χ1) is 13.9. The van der Waals surface area contributed by atoms with Gasteiger partial charge in [0.2, 0.25) is 24.5 Å². The molecule has 1 saturated heterocycles. The highest BCUT2D eigenvalue weighted by molar-refractivity contribution is 6.01. The lowest BCUT2D eigenvalue weighted by atomic mass is 10.0. The van der Waals surface area contributed by atoms with E-state index in [0.29, 0.717) is 30.3 Å². The minimum Gasteiger partial charge on any atom is -0.454 e. The molecule has 9 nitrogen and oxygen atoms in total. The number of nitrogens with zero attached hydrogens (tertiary/aromatic N) is 1. The molecule has 0 bridgehead atoms. The van der Waals surface area contributed by atoms with E-state index in [-0.39, 0.29) is 43.4 Å². The molecule has 0 aliphatic carbocycles. The third-order valence-corrected chi connectivity index (χ3v) is 5.02. The molecule has 158 valence electrons. The quantitative estimate of drug-likeness (QED) is 0.616. The van der Waals surface area contributed by atoms with Crippen molar-refractivity contribution in [2.75, 3.05) is 38.5 Å². The average Bonchev–Trinajstić information content (AvgIpc) is 3.31. The van der Waals surface area contributed by atoms with Crippen LogP contribution < -0.4 is 25.0 Å². The van der Waals surface area contributed by atoms with E-state index in [1.165, 1.54) is 0 Å². The van der Waals surface area contributed by atoms with Crippen LogP contribution in [0.3, 0.4) is 0 Å². The Hall–Kier alpha value is -2.81. The largest absolute Gasteiger partial charge is 0.454 e. The molecule has 2 atom stereocenters. The molecule has 0 aromatic heterocycles. The number of ether oxygens (including phenoxy) is 3. The maximum Gasteiger partial charge on any atom is 0.242 e. The van der Waals surface area contributed by atoms with Crippen molar-refractivity contribution in [2.24, 2.45) is 11.8 Å². The zero-order chi connectivity index (χ0) is 21.0. The lowest BCUT2D eigenvalue weighted by Crippen LogP contribution is -2.51. The molecule has 2 N–H and O–H groups in total.